The molecule has 3 rings (SSSR count). The Morgan fingerprint density at radius 2 is 2.08 bits per heavy atom. The first-order valence-corrected chi connectivity index (χ1v) is 8.06. The Bertz CT molecular complexity index is 703. The summed E-state index contributed by atoms with van der Waals surface area (Å²) >= 11 is 0. The van der Waals surface area contributed by atoms with Crippen LogP contribution in [0, 0.1) is 5.82 Å². The second-order valence-electron chi connectivity index (χ2n) is 5.89. The second-order valence-corrected chi connectivity index (χ2v) is 5.89. The predicted octanol–water partition coefficient (Wildman–Crippen LogP) is 2.55. The number of nitrogens with one attached hydrogen (secondary N) is 1. The SMILES string of the molecule is COc1ccc([C@@H]2CNCCN2C(=O)Cc2cccc(F)c2)cc1. The Kier molecular flexibility index (Phi) is 5.11. The molecule has 1 N–H and O–H groups in total. The van der Waals surface area contributed by atoms with E-state index in [1.54, 1.807) is 19.2 Å². The second kappa shape index (κ2) is 7.45. The molecular formula is C19H21FN2O2. The van der Waals surface area contributed by atoms with Gasteiger partial charge in [0.2, 0.25) is 5.91 Å². The zero-order valence-corrected chi connectivity index (χ0v) is 13.7. The Labute approximate surface area is 141 Å². The maximum Gasteiger partial charge on any atom is 0.227 e. The Hall–Kier alpha value is -2.40. The van der Waals surface area contributed by atoms with E-state index < -0.39 is 0 Å². The quantitative estimate of drug-likeness (QED) is 0.938. The van der Waals surface area contributed by atoms with Gasteiger partial charge in [-0.15, -0.1) is 0 Å². The molecule has 1 aliphatic rings. The number of carbonyl (C=O) groups is 1. The fourth-order valence-electron chi connectivity index (χ4n) is 3.05. The molecule has 2 aromatic rings. The minimum Gasteiger partial charge on any atom is -0.497 e. The lowest BCUT2D eigenvalue weighted by molar-refractivity contribution is -0.133. The molecule has 1 saturated heterocycles. The lowest BCUT2D eigenvalue weighted by atomic mass is 10.0. The highest BCUT2D eigenvalue weighted by Crippen LogP contribution is 2.25. The number of benzene rings is 2. The van der Waals surface area contributed by atoms with Gasteiger partial charge in [0.25, 0.3) is 0 Å². The minimum absolute atomic E-state index is 0.0166. The van der Waals surface area contributed by atoms with Crippen LogP contribution in [0.1, 0.15) is 17.2 Å². The molecule has 0 saturated carbocycles. The van der Waals surface area contributed by atoms with Gasteiger partial charge in [0, 0.05) is 19.6 Å². The Balaban J connectivity index is 1.76. The molecule has 5 heteroatoms. The maximum atomic E-state index is 13.3. The number of carbonyl (C=O) groups excluding carboxylic acids is 1. The fraction of sp³-hybridized carbons (Fsp3) is 0.316. The molecule has 1 fully saturated rings. The largest absolute Gasteiger partial charge is 0.497 e. The standard InChI is InChI=1S/C19H21FN2O2/c1-24-17-7-5-15(6-8-17)18-13-21-9-10-22(18)19(23)12-14-3-2-4-16(20)11-14/h2-8,11,18,21H,9-10,12-13H2,1H3/t18-/m0/s1. The first kappa shape index (κ1) is 16.5. The summed E-state index contributed by atoms with van der Waals surface area (Å²) in [7, 11) is 1.63. The van der Waals surface area contributed by atoms with Crippen molar-refractivity contribution in [2.24, 2.45) is 0 Å². The van der Waals surface area contributed by atoms with Crippen molar-refractivity contribution in [3.05, 3.63) is 65.5 Å². The van der Waals surface area contributed by atoms with Crippen molar-refractivity contribution in [3.63, 3.8) is 0 Å². The van der Waals surface area contributed by atoms with Crippen molar-refractivity contribution in [2.75, 3.05) is 26.7 Å². The number of nitrogens with zero attached hydrogens (tertiary/aromatic N) is 1. The molecule has 24 heavy (non-hydrogen) atoms. The molecule has 126 valence electrons. The van der Waals surface area contributed by atoms with Gasteiger partial charge in [0.1, 0.15) is 11.6 Å². The van der Waals surface area contributed by atoms with E-state index in [4.69, 9.17) is 4.74 Å². The van der Waals surface area contributed by atoms with E-state index in [0.717, 1.165) is 17.9 Å². The van der Waals surface area contributed by atoms with Crippen LogP contribution >= 0.6 is 0 Å². The molecule has 1 amide bonds. The van der Waals surface area contributed by atoms with Gasteiger partial charge >= 0.3 is 0 Å². The summed E-state index contributed by atoms with van der Waals surface area (Å²) in [5.74, 6) is 0.496. The third kappa shape index (κ3) is 3.74. The molecule has 0 aromatic heterocycles. The van der Waals surface area contributed by atoms with Crippen LogP contribution in [0.4, 0.5) is 4.39 Å². The first-order chi connectivity index (χ1) is 11.7. The Morgan fingerprint density at radius 3 is 2.79 bits per heavy atom. The van der Waals surface area contributed by atoms with E-state index in [9.17, 15) is 9.18 Å². The number of piperazine rings is 1. The fourth-order valence-corrected chi connectivity index (χ4v) is 3.05. The van der Waals surface area contributed by atoms with Crippen molar-refractivity contribution in [1.29, 1.82) is 0 Å². The van der Waals surface area contributed by atoms with Gasteiger partial charge in [-0.1, -0.05) is 24.3 Å². The smallest absolute Gasteiger partial charge is 0.227 e. The molecule has 0 radical (unpaired) electrons. The van der Waals surface area contributed by atoms with Crippen molar-refractivity contribution >= 4 is 5.91 Å². The highest BCUT2D eigenvalue weighted by molar-refractivity contribution is 5.79. The zero-order valence-electron chi connectivity index (χ0n) is 13.7. The van der Waals surface area contributed by atoms with Gasteiger partial charge in [-0.25, -0.2) is 4.39 Å². The topological polar surface area (TPSA) is 41.6 Å². The molecule has 2 aromatic carbocycles. The molecule has 1 aliphatic heterocycles. The zero-order chi connectivity index (χ0) is 16.9. The third-order valence-corrected chi connectivity index (χ3v) is 4.31. The van der Waals surface area contributed by atoms with Gasteiger partial charge in [0.05, 0.1) is 19.6 Å². The highest BCUT2D eigenvalue weighted by Gasteiger charge is 2.27. The monoisotopic (exact) mass is 328 g/mol. The van der Waals surface area contributed by atoms with Gasteiger partial charge < -0.3 is 15.0 Å². The number of methoxy groups -OCH3 is 1. The summed E-state index contributed by atoms with van der Waals surface area (Å²) in [6.07, 6.45) is 0.213. The third-order valence-electron chi connectivity index (χ3n) is 4.31. The van der Waals surface area contributed by atoms with E-state index in [1.807, 2.05) is 29.2 Å². The molecule has 1 heterocycles. The van der Waals surface area contributed by atoms with Crippen LogP contribution in [0.3, 0.4) is 0 Å². The summed E-state index contributed by atoms with van der Waals surface area (Å²) in [6.45, 7) is 2.12. The van der Waals surface area contributed by atoms with Gasteiger partial charge in [-0.2, -0.15) is 0 Å². The minimum atomic E-state index is -0.313. The highest BCUT2D eigenvalue weighted by atomic mass is 19.1. The van der Waals surface area contributed by atoms with Crippen LogP contribution in [0.15, 0.2) is 48.5 Å². The molecule has 0 spiro atoms. The molecule has 4 nitrogen and oxygen atoms in total. The van der Waals surface area contributed by atoms with E-state index in [1.165, 1.54) is 12.1 Å². The van der Waals surface area contributed by atoms with E-state index in [2.05, 4.69) is 5.32 Å². The first-order valence-electron chi connectivity index (χ1n) is 8.06. The van der Waals surface area contributed by atoms with Crippen molar-refractivity contribution in [1.82, 2.24) is 10.2 Å². The van der Waals surface area contributed by atoms with E-state index in [0.29, 0.717) is 18.7 Å². The van der Waals surface area contributed by atoms with Crippen LogP contribution in [-0.2, 0) is 11.2 Å². The lowest BCUT2D eigenvalue weighted by Gasteiger charge is -2.36. The van der Waals surface area contributed by atoms with Crippen LogP contribution in [0.25, 0.3) is 0 Å². The summed E-state index contributed by atoms with van der Waals surface area (Å²) in [5, 5.41) is 3.33. The number of amides is 1. The van der Waals surface area contributed by atoms with Gasteiger partial charge in [-0.05, 0) is 35.4 Å². The van der Waals surface area contributed by atoms with Crippen LogP contribution in [-0.4, -0.2) is 37.6 Å². The number of hydrogen-bond acceptors (Lipinski definition) is 3. The summed E-state index contributed by atoms with van der Waals surface area (Å²) in [5.41, 5.74) is 1.77. The molecule has 1 atom stereocenters. The van der Waals surface area contributed by atoms with Gasteiger partial charge in [0.15, 0.2) is 0 Å². The number of hydrogen-bond donors (Lipinski definition) is 1. The van der Waals surface area contributed by atoms with E-state index in [-0.39, 0.29) is 24.2 Å². The summed E-state index contributed by atoms with van der Waals surface area (Å²) < 4.78 is 18.5. The Morgan fingerprint density at radius 1 is 1.29 bits per heavy atom. The van der Waals surface area contributed by atoms with Crippen LogP contribution in [0.5, 0.6) is 5.75 Å². The van der Waals surface area contributed by atoms with Gasteiger partial charge in [-0.3, -0.25) is 4.79 Å². The number of ether oxygens (including phenoxy) is 1. The molecule has 0 bridgehead atoms. The van der Waals surface area contributed by atoms with Crippen molar-refractivity contribution < 1.29 is 13.9 Å². The molecule has 0 unspecified atom stereocenters. The van der Waals surface area contributed by atoms with Crippen LogP contribution < -0.4 is 10.1 Å². The predicted molar refractivity (Wildman–Crippen MR) is 90.4 cm³/mol. The molecular weight excluding hydrogens is 307 g/mol. The lowest BCUT2D eigenvalue weighted by Crippen LogP contribution is -2.49. The average Bonchev–Trinajstić information content (AvgIpc) is 2.62. The van der Waals surface area contributed by atoms with Crippen molar-refractivity contribution in [2.45, 2.75) is 12.5 Å². The summed E-state index contributed by atoms with van der Waals surface area (Å²) in [4.78, 5) is 14.6. The molecule has 0 aliphatic carbocycles. The van der Waals surface area contributed by atoms with Crippen LogP contribution in [0.2, 0.25) is 0 Å². The normalized spacial score (nSPS) is 17.6. The van der Waals surface area contributed by atoms with Crippen molar-refractivity contribution in [3.8, 4) is 5.75 Å². The average molecular weight is 328 g/mol. The van der Waals surface area contributed by atoms with E-state index >= 15 is 0 Å². The number of rotatable bonds is 4. The maximum absolute atomic E-state index is 13.3. The number of halogens is 1. The summed E-state index contributed by atoms with van der Waals surface area (Å²) in [6, 6.07) is 14.0.